The molecule has 0 radical (unpaired) electrons. The highest BCUT2D eigenvalue weighted by Crippen LogP contribution is 2.22. The van der Waals surface area contributed by atoms with E-state index in [9.17, 15) is 4.79 Å². The van der Waals surface area contributed by atoms with Crippen molar-refractivity contribution < 1.29 is 4.79 Å². The largest absolute Gasteiger partial charge is 0.396 e. The van der Waals surface area contributed by atoms with E-state index in [1.54, 1.807) is 26.1 Å². The summed E-state index contributed by atoms with van der Waals surface area (Å²) in [6, 6.07) is 1.70. The third-order valence-electron chi connectivity index (χ3n) is 1.93. The molecule has 0 aromatic carbocycles. The second-order valence-electron chi connectivity index (χ2n) is 3.71. The molecule has 0 saturated carbocycles. The summed E-state index contributed by atoms with van der Waals surface area (Å²) in [4.78, 5) is 15.1. The van der Waals surface area contributed by atoms with Gasteiger partial charge >= 0.3 is 0 Å². The van der Waals surface area contributed by atoms with Crippen LogP contribution in [0.2, 0.25) is 0 Å². The normalized spacial score (nSPS) is 11.1. The predicted molar refractivity (Wildman–Crippen MR) is 63.2 cm³/mol. The minimum absolute atomic E-state index is 0.446. The zero-order valence-electron chi connectivity index (χ0n) is 8.54. The van der Waals surface area contributed by atoms with E-state index in [2.05, 4.69) is 26.2 Å². The topological polar surface area (TPSA) is 94.0 Å². The van der Waals surface area contributed by atoms with E-state index in [1.165, 1.54) is 0 Å². The van der Waals surface area contributed by atoms with Gasteiger partial charge in [0.2, 0.25) is 5.91 Å². The molecule has 0 spiro atoms. The van der Waals surface area contributed by atoms with Gasteiger partial charge in [0.1, 0.15) is 11.4 Å². The van der Waals surface area contributed by atoms with Gasteiger partial charge in [-0.15, -0.1) is 0 Å². The van der Waals surface area contributed by atoms with E-state index in [-0.39, 0.29) is 0 Å². The van der Waals surface area contributed by atoms with Gasteiger partial charge in [0.25, 0.3) is 0 Å². The van der Waals surface area contributed by atoms with Gasteiger partial charge in [0.15, 0.2) is 0 Å². The zero-order chi connectivity index (χ0) is 11.6. The zero-order valence-corrected chi connectivity index (χ0v) is 10.1. The highest BCUT2D eigenvalue weighted by Gasteiger charge is 2.25. The molecule has 0 saturated heterocycles. The van der Waals surface area contributed by atoms with Crippen LogP contribution in [0.5, 0.6) is 0 Å². The molecule has 0 bridgehead atoms. The van der Waals surface area contributed by atoms with E-state index < -0.39 is 11.4 Å². The predicted octanol–water partition coefficient (Wildman–Crippen LogP) is 1.10. The van der Waals surface area contributed by atoms with Crippen LogP contribution in [-0.2, 0) is 4.79 Å². The first-order chi connectivity index (χ1) is 6.83. The maximum Gasteiger partial charge on any atom is 0.242 e. The number of nitrogens with one attached hydrogen (secondary N) is 1. The second-order valence-corrected chi connectivity index (χ2v) is 4.62. The van der Waals surface area contributed by atoms with Crippen LogP contribution in [0.15, 0.2) is 16.7 Å². The van der Waals surface area contributed by atoms with E-state index in [4.69, 9.17) is 11.5 Å². The van der Waals surface area contributed by atoms with Crippen molar-refractivity contribution in [2.45, 2.75) is 19.4 Å². The van der Waals surface area contributed by atoms with Crippen LogP contribution in [0, 0.1) is 0 Å². The Balaban J connectivity index is 2.95. The van der Waals surface area contributed by atoms with Crippen LogP contribution in [0.25, 0.3) is 0 Å². The molecule has 0 aliphatic carbocycles. The smallest absolute Gasteiger partial charge is 0.242 e. The summed E-state index contributed by atoms with van der Waals surface area (Å²) < 4.78 is 0.780. The molecule has 0 aliphatic rings. The van der Waals surface area contributed by atoms with Crippen LogP contribution in [0.3, 0.4) is 0 Å². The van der Waals surface area contributed by atoms with Crippen molar-refractivity contribution in [1.82, 2.24) is 4.98 Å². The number of pyridine rings is 1. The molecule has 0 aliphatic heterocycles. The Labute approximate surface area is 96.4 Å². The lowest BCUT2D eigenvalue weighted by molar-refractivity contribution is -0.121. The molecule has 6 heteroatoms. The molecule has 0 fully saturated rings. The fourth-order valence-corrected chi connectivity index (χ4v) is 1.27. The number of primary amides is 1. The summed E-state index contributed by atoms with van der Waals surface area (Å²) in [5, 5.41) is 2.88. The Morgan fingerprint density at radius 3 is 2.67 bits per heavy atom. The number of nitrogens with two attached hydrogens (primary N) is 2. The Bertz CT molecular complexity index is 392. The van der Waals surface area contributed by atoms with Crippen molar-refractivity contribution in [1.29, 1.82) is 0 Å². The third kappa shape index (κ3) is 2.82. The van der Waals surface area contributed by atoms with Crippen molar-refractivity contribution >= 4 is 33.3 Å². The number of amides is 1. The minimum atomic E-state index is -0.880. The molecule has 15 heavy (non-hydrogen) atoms. The number of nitrogens with zero attached hydrogens (tertiary/aromatic N) is 1. The first-order valence-electron chi connectivity index (χ1n) is 4.32. The monoisotopic (exact) mass is 272 g/mol. The lowest BCUT2D eigenvalue weighted by Gasteiger charge is -2.23. The minimum Gasteiger partial charge on any atom is -0.396 e. The first kappa shape index (κ1) is 11.8. The average molecular weight is 273 g/mol. The van der Waals surface area contributed by atoms with Crippen molar-refractivity contribution in [2.75, 3.05) is 11.1 Å². The molecule has 82 valence electrons. The highest BCUT2D eigenvalue weighted by molar-refractivity contribution is 9.10. The Hall–Kier alpha value is -1.30. The molecule has 5 nitrogen and oxygen atoms in total. The summed E-state index contributed by atoms with van der Waals surface area (Å²) in [7, 11) is 0. The first-order valence-corrected chi connectivity index (χ1v) is 5.11. The quantitative estimate of drug-likeness (QED) is 0.768. The molecule has 1 aromatic heterocycles. The number of rotatable bonds is 3. The maximum atomic E-state index is 11.1. The van der Waals surface area contributed by atoms with Gasteiger partial charge in [-0.25, -0.2) is 4.98 Å². The van der Waals surface area contributed by atoms with Gasteiger partial charge < -0.3 is 16.8 Å². The number of halogens is 1. The number of hydrogen-bond donors (Lipinski definition) is 3. The van der Waals surface area contributed by atoms with Crippen LogP contribution in [0.4, 0.5) is 11.5 Å². The summed E-state index contributed by atoms with van der Waals surface area (Å²) in [6.07, 6.45) is 1.59. The molecular weight excluding hydrogens is 260 g/mol. The Morgan fingerprint density at radius 1 is 1.60 bits per heavy atom. The standard InChI is InChI=1S/C9H13BrN4O/c1-9(2,8(12)15)14-7-6(11)3-5(10)4-13-7/h3-4H,11H2,1-2H3,(H2,12,15)(H,13,14). The van der Waals surface area contributed by atoms with Crippen LogP contribution in [-0.4, -0.2) is 16.4 Å². The van der Waals surface area contributed by atoms with E-state index in [0.29, 0.717) is 11.5 Å². The van der Waals surface area contributed by atoms with Gasteiger partial charge in [-0.05, 0) is 35.8 Å². The molecule has 0 unspecified atom stereocenters. The molecule has 1 amide bonds. The van der Waals surface area contributed by atoms with Crippen molar-refractivity contribution in [3.8, 4) is 0 Å². The number of carbonyl (C=O) groups excluding carboxylic acids is 1. The van der Waals surface area contributed by atoms with E-state index in [0.717, 1.165) is 4.47 Å². The van der Waals surface area contributed by atoms with Crippen LogP contribution in [0.1, 0.15) is 13.8 Å². The third-order valence-corrected chi connectivity index (χ3v) is 2.36. The lowest BCUT2D eigenvalue weighted by atomic mass is 10.1. The number of carbonyl (C=O) groups is 1. The Kier molecular flexibility index (Phi) is 3.18. The summed E-state index contributed by atoms with van der Waals surface area (Å²) in [5.41, 5.74) is 10.5. The molecule has 5 N–H and O–H groups in total. The summed E-state index contributed by atoms with van der Waals surface area (Å²) in [5.74, 6) is -0.0198. The summed E-state index contributed by atoms with van der Waals surface area (Å²) >= 11 is 3.24. The highest BCUT2D eigenvalue weighted by atomic mass is 79.9. The number of nitrogen functional groups attached to an aromatic ring is 1. The van der Waals surface area contributed by atoms with Gasteiger partial charge in [-0.2, -0.15) is 0 Å². The van der Waals surface area contributed by atoms with Crippen molar-refractivity contribution in [2.24, 2.45) is 5.73 Å². The van der Waals surface area contributed by atoms with E-state index >= 15 is 0 Å². The molecule has 1 heterocycles. The van der Waals surface area contributed by atoms with Crippen molar-refractivity contribution in [3.05, 3.63) is 16.7 Å². The van der Waals surface area contributed by atoms with Gasteiger partial charge in [-0.3, -0.25) is 4.79 Å². The summed E-state index contributed by atoms with van der Waals surface area (Å²) in [6.45, 7) is 3.33. The lowest BCUT2D eigenvalue weighted by Crippen LogP contribution is -2.45. The van der Waals surface area contributed by atoms with Gasteiger partial charge in [-0.1, -0.05) is 0 Å². The van der Waals surface area contributed by atoms with Crippen LogP contribution >= 0.6 is 15.9 Å². The fraction of sp³-hybridized carbons (Fsp3) is 0.333. The molecular formula is C9H13BrN4O. The fourth-order valence-electron chi connectivity index (χ4n) is 0.917. The van der Waals surface area contributed by atoms with Gasteiger partial charge in [0.05, 0.1) is 5.69 Å². The average Bonchev–Trinajstić information content (AvgIpc) is 2.09. The molecule has 1 rings (SSSR count). The van der Waals surface area contributed by atoms with Crippen molar-refractivity contribution in [3.63, 3.8) is 0 Å². The SMILES string of the molecule is CC(C)(Nc1ncc(Br)cc1N)C(N)=O. The Morgan fingerprint density at radius 2 is 2.20 bits per heavy atom. The van der Waals surface area contributed by atoms with Gasteiger partial charge in [0, 0.05) is 10.7 Å². The molecule has 1 aromatic rings. The second kappa shape index (κ2) is 4.06. The maximum absolute atomic E-state index is 11.1. The van der Waals surface area contributed by atoms with Crippen LogP contribution < -0.4 is 16.8 Å². The number of aromatic nitrogens is 1. The number of hydrogen-bond acceptors (Lipinski definition) is 4. The number of anilines is 2. The molecule has 0 atom stereocenters. The van der Waals surface area contributed by atoms with E-state index in [1.807, 2.05) is 0 Å².